The monoisotopic (exact) mass is 315 g/mol. The Kier molecular flexibility index (Phi) is 3.35. The summed E-state index contributed by atoms with van der Waals surface area (Å²) in [5.74, 6) is 0.738. The number of thiazole rings is 1. The van der Waals surface area contributed by atoms with Crippen LogP contribution in [0.3, 0.4) is 0 Å². The van der Waals surface area contributed by atoms with Crippen molar-refractivity contribution in [2.24, 2.45) is 0 Å². The molecule has 5 nitrogen and oxygen atoms in total. The summed E-state index contributed by atoms with van der Waals surface area (Å²) in [6, 6.07) is 7.59. The smallest absolute Gasteiger partial charge is 0.257 e. The van der Waals surface area contributed by atoms with Crippen molar-refractivity contribution >= 4 is 17.2 Å². The number of likely N-dealkylation sites (N-methyl/N-ethyl adjacent to an activating group) is 1. The van der Waals surface area contributed by atoms with E-state index in [0.29, 0.717) is 11.3 Å². The van der Waals surface area contributed by atoms with E-state index in [1.54, 1.807) is 11.3 Å². The summed E-state index contributed by atoms with van der Waals surface area (Å²) in [6.07, 6.45) is 1.84. The standard InChI is InChI=1S/C16H17N3O2S/c1-18-12-8-19(10-15-17-6-7-22-15)9-14(12)21-13-5-3-2-4-11(13)16(18)20/h2-7,12,14H,8-10H2,1H3/t12-,14+/m1/s1. The molecule has 6 heteroatoms. The Morgan fingerprint density at radius 1 is 1.36 bits per heavy atom. The maximum Gasteiger partial charge on any atom is 0.257 e. The van der Waals surface area contributed by atoms with Crippen molar-refractivity contribution in [1.82, 2.24) is 14.8 Å². The van der Waals surface area contributed by atoms with Crippen LogP contribution in [0.2, 0.25) is 0 Å². The number of carbonyl (C=O) groups is 1. The molecular weight excluding hydrogens is 298 g/mol. The zero-order chi connectivity index (χ0) is 15.1. The van der Waals surface area contributed by atoms with Gasteiger partial charge in [0.1, 0.15) is 16.9 Å². The Bertz CT molecular complexity index is 688. The van der Waals surface area contributed by atoms with Crippen molar-refractivity contribution in [2.45, 2.75) is 18.7 Å². The van der Waals surface area contributed by atoms with Gasteiger partial charge in [-0.3, -0.25) is 9.69 Å². The molecular formula is C16H17N3O2S. The molecule has 22 heavy (non-hydrogen) atoms. The fourth-order valence-corrected chi connectivity index (χ4v) is 3.88. The van der Waals surface area contributed by atoms with E-state index in [2.05, 4.69) is 9.88 Å². The molecule has 3 heterocycles. The first-order chi connectivity index (χ1) is 10.7. The number of likely N-dealkylation sites (tertiary alicyclic amines) is 1. The Morgan fingerprint density at radius 2 is 2.23 bits per heavy atom. The number of hydrogen-bond donors (Lipinski definition) is 0. The van der Waals surface area contributed by atoms with E-state index >= 15 is 0 Å². The van der Waals surface area contributed by atoms with Crippen molar-refractivity contribution in [2.75, 3.05) is 20.1 Å². The van der Waals surface area contributed by atoms with Crippen molar-refractivity contribution < 1.29 is 9.53 Å². The maximum absolute atomic E-state index is 12.6. The molecule has 2 aliphatic rings. The number of nitrogens with zero attached hydrogens (tertiary/aromatic N) is 3. The lowest BCUT2D eigenvalue weighted by Crippen LogP contribution is -2.44. The van der Waals surface area contributed by atoms with Crippen LogP contribution in [0.5, 0.6) is 5.75 Å². The molecule has 0 spiro atoms. The average Bonchev–Trinajstić information content (AvgIpc) is 3.15. The van der Waals surface area contributed by atoms with Gasteiger partial charge >= 0.3 is 0 Å². The summed E-state index contributed by atoms with van der Waals surface area (Å²) in [5, 5.41) is 3.09. The second-order valence-corrected chi connectivity index (χ2v) is 6.73. The fraction of sp³-hybridized carbons (Fsp3) is 0.375. The number of aromatic nitrogens is 1. The lowest BCUT2D eigenvalue weighted by atomic mass is 10.1. The van der Waals surface area contributed by atoms with E-state index in [1.807, 2.05) is 47.8 Å². The van der Waals surface area contributed by atoms with Crippen LogP contribution in [0.1, 0.15) is 15.4 Å². The predicted octanol–water partition coefficient (Wildman–Crippen LogP) is 1.86. The van der Waals surface area contributed by atoms with Crippen LogP contribution in [-0.4, -0.2) is 53.0 Å². The third-order valence-electron chi connectivity index (χ3n) is 4.37. The molecule has 2 aromatic rings. The Hall–Kier alpha value is -1.92. The number of amides is 1. The predicted molar refractivity (Wildman–Crippen MR) is 84.1 cm³/mol. The number of hydrogen-bond acceptors (Lipinski definition) is 5. The van der Waals surface area contributed by atoms with E-state index in [1.165, 1.54) is 0 Å². The lowest BCUT2D eigenvalue weighted by Gasteiger charge is -2.25. The van der Waals surface area contributed by atoms with Crippen LogP contribution in [0, 0.1) is 0 Å². The third-order valence-corrected chi connectivity index (χ3v) is 5.13. The minimum atomic E-state index is 0.0116. The van der Waals surface area contributed by atoms with E-state index in [9.17, 15) is 4.79 Å². The molecule has 1 aromatic heterocycles. The van der Waals surface area contributed by atoms with Gasteiger partial charge in [-0.2, -0.15) is 0 Å². The lowest BCUT2D eigenvalue weighted by molar-refractivity contribution is 0.0682. The van der Waals surface area contributed by atoms with E-state index < -0.39 is 0 Å². The zero-order valence-corrected chi connectivity index (χ0v) is 13.1. The molecule has 0 radical (unpaired) electrons. The average molecular weight is 315 g/mol. The highest BCUT2D eigenvalue weighted by molar-refractivity contribution is 7.09. The molecule has 1 aromatic carbocycles. The Labute approximate surface area is 133 Å². The molecule has 4 rings (SSSR count). The summed E-state index contributed by atoms with van der Waals surface area (Å²) in [7, 11) is 1.87. The highest BCUT2D eigenvalue weighted by Crippen LogP contribution is 2.31. The quantitative estimate of drug-likeness (QED) is 0.849. The second kappa shape index (κ2) is 5.37. The Morgan fingerprint density at radius 3 is 3.05 bits per heavy atom. The van der Waals surface area contributed by atoms with Gasteiger partial charge in [-0.25, -0.2) is 4.98 Å². The molecule has 2 atom stereocenters. The number of carbonyl (C=O) groups excluding carboxylic acids is 1. The van der Waals surface area contributed by atoms with Gasteiger partial charge in [0.25, 0.3) is 5.91 Å². The molecule has 0 N–H and O–H groups in total. The maximum atomic E-state index is 12.6. The zero-order valence-electron chi connectivity index (χ0n) is 12.3. The van der Waals surface area contributed by atoms with Crippen LogP contribution >= 0.6 is 11.3 Å². The number of para-hydroxylation sites is 1. The summed E-state index contributed by atoms with van der Waals surface area (Å²) in [5.41, 5.74) is 0.658. The van der Waals surface area contributed by atoms with Gasteiger partial charge in [0, 0.05) is 31.7 Å². The second-order valence-electron chi connectivity index (χ2n) is 5.76. The van der Waals surface area contributed by atoms with Crippen LogP contribution in [-0.2, 0) is 6.54 Å². The topological polar surface area (TPSA) is 45.7 Å². The van der Waals surface area contributed by atoms with E-state index in [4.69, 9.17) is 4.74 Å². The Balaban J connectivity index is 1.58. The minimum Gasteiger partial charge on any atom is -0.486 e. The van der Waals surface area contributed by atoms with Crippen molar-refractivity contribution in [1.29, 1.82) is 0 Å². The minimum absolute atomic E-state index is 0.0116. The van der Waals surface area contributed by atoms with Crippen molar-refractivity contribution in [3.63, 3.8) is 0 Å². The normalized spacial score (nSPS) is 24.6. The molecule has 2 aliphatic heterocycles. The first-order valence-corrected chi connectivity index (χ1v) is 8.24. The van der Waals surface area contributed by atoms with Gasteiger partial charge in [0.15, 0.2) is 0 Å². The molecule has 1 fully saturated rings. The molecule has 1 saturated heterocycles. The highest BCUT2D eigenvalue weighted by atomic mass is 32.1. The van der Waals surface area contributed by atoms with Crippen molar-refractivity contribution in [3.8, 4) is 5.75 Å². The molecule has 0 bridgehead atoms. The summed E-state index contributed by atoms with van der Waals surface area (Å²) in [4.78, 5) is 21.1. The molecule has 0 unspecified atom stereocenters. The fourth-order valence-electron chi connectivity index (χ4n) is 3.22. The van der Waals surface area contributed by atoms with Gasteiger partial charge in [-0.1, -0.05) is 12.1 Å². The largest absolute Gasteiger partial charge is 0.486 e. The summed E-state index contributed by atoms with van der Waals surface area (Å²) >= 11 is 1.66. The van der Waals surface area contributed by atoms with E-state index in [0.717, 1.165) is 24.6 Å². The molecule has 1 amide bonds. The van der Waals surface area contributed by atoms with Gasteiger partial charge in [0.05, 0.1) is 18.2 Å². The van der Waals surface area contributed by atoms with Crippen molar-refractivity contribution in [3.05, 3.63) is 46.4 Å². The van der Waals surface area contributed by atoms with Gasteiger partial charge in [-0.05, 0) is 12.1 Å². The van der Waals surface area contributed by atoms with Crippen LogP contribution in [0.4, 0.5) is 0 Å². The molecule has 0 aliphatic carbocycles. The highest BCUT2D eigenvalue weighted by Gasteiger charge is 2.42. The van der Waals surface area contributed by atoms with E-state index in [-0.39, 0.29) is 18.1 Å². The van der Waals surface area contributed by atoms with Crippen LogP contribution < -0.4 is 4.74 Å². The molecule has 0 saturated carbocycles. The molecule has 114 valence electrons. The number of benzene rings is 1. The number of ether oxygens (including phenoxy) is 1. The van der Waals surface area contributed by atoms with Crippen LogP contribution in [0.15, 0.2) is 35.8 Å². The SMILES string of the molecule is CN1C(=O)c2ccccc2O[C@H]2CN(Cc3nccs3)C[C@H]21. The summed E-state index contributed by atoms with van der Waals surface area (Å²) in [6.45, 7) is 2.45. The first kappa shape index (κ1) is 13.7. The van der Waals surface area contributed by atoms with Crippen LogP contribution in [0.25, 0.3) is 0 Å². The first-order valence-electron chi connectivity index (χ1n) is 7.36. The summed E-state index contributed by atoms with van der Waals surface area (Å²) < 4.78 is 6.15. The van der Waals surface area contributed by atoms with Gasteiger partial charge < -0.3 is 9.64 Å². The van der Waals surface area contributed by atoms with Gasteiger partial charge in [-0.15, -0.1) is 11.3 Å². The van der Waals surface area contributed by atoms with Gasteiger partial charge in [0.2, 0.25) is 0 Å². The third kappa shape index (κ3) is 2.28. The number of rotatable bonds is 2. The number of fused-ring (bicyclic) bond motifs is 2.